The SMILES string of the molecule is Cn1c2ccccc2c2cc(-c3ccc4c(c3)c3ccccc3n4-c3cccc(-c4cccc(-c5ccccc5)c4)c3)ccc21. The average molecular weight is 575 g/mol. The van der Waals surface area contributed by atoms with Crippen LogP contribution >= 0.6 is 0 Å². The number of fused-ring (bicyclic) bond motifs is 6. The van der Waals surface area contributed by atoms with Gasteiger partial charge in [0, 0.05) is 45.3 Å². The van der Waals surface area contributed by atoms with E-state index in [-0.39, 0.29) is 0 Å². The number of aryl methyl sites for hydroxylation is 1. The second-order valence-electron chi connectivity index (χ2n) is 11.9. The Hall–Kier alpha value is -5.86. The van der Waals surface area contributed by atoms with Crippen LogP contribution in [0.25, 0.3) is 82.7 Å². The minimum absolute atomic E-state index is 1.16. The van der Waals surface area contributed by atoms with Crippen LogP contribution in [0.4, 0.5) is 0 Å². The van der Waals surface area contributed by atoms with Crippen LogP contribution in [0.2, 0.25) is 0 Å². The maximum absolute atomic E-state index is 2.41. The topological polar surface area (TPSA) is 9.86 Å². The first-order valence-corrected chi connectivity index (χ1v) is 15.5. The zero-order valence-electron chi connectivity index (χ0n) is 25.0. The summed E-state index contributed by atoms with van der Waals surface area (Å²) in [5.41, 5.74) is 13.4. The minimum Gasteiger partial charge on any atom is -0.344 e. The fourth-order valence-electron chi connectivity index (χ4n) is 7.11. The Morgan fingerprint density at radius 3 is 1.53 bits per heavy atom. The summed E-state index contributed by atoms with van der Waals surface area (Å²) < 4.78 is 4.70. The number of rotatable bonds is 4. The third-order valence-electron chi connectivity index (χ3n) is 9.33. The summed E-state index contributed by atoms with van der Waals surface area (Å²) in [7, 11) is 2.15. The Kier molecular flexibility index (Phi) is 5.76. The third-order valence-corrected chi connectivity index (χ3v) is 9.33. The summed E-state index contributed by atoms with van der Waals surface area (Å²) in [6, 6.07) is 59.6. The van der Waals surface area contributed by atoms with Gasteiger partial charge in [-0.2, -0.15) is 0 Å². The summed E-state index contributed by atoms with van der Waals surface area (Å²) in [6.07, 6.45) is 0. The van der Waals surface area contributed by atoms with Gasteiger partial charge in [-0.1, -0.05) is 109 Å². The standard InChI is InChI=1S/C43H30N2/c1-44-40-19-7-5-17-36(40)38-27-33(21-23-41(38)44)34-22-24-43-39(28-34)37-18-6-8-20-42(37)45(43)35-16-10-15-32(26-35)31-14-9-13-30(25-31)29-11-3-2-4-12-29/h2-28H,1H3. The van der Waals surface area contributed by atoms with Crippen LogP contribution in [0, 0.1) is 0 Å². The summed E-state index contributed by atoms with van der Waals surface area (Å²) >= 11 is 0. The number of hydrogen-bond donors (Lipinski definition) is 0. The number of nitrogens with zero attached hydrogens (tertiary/aromatic N) is 2. The van der Waals surface area contributed by atoms with Gasteiger partial charge in [0.15, 0.2) is 0 Å². The summed E-state index contributed by atoms with van der Waals surface area (Å²) in [5, 5.41) is 5.11. The molecule has 0 radical (unpaired) electrons. The van der Waals surface area contributed by atoms with E-state index in [1.165, 1.54) is 77.0 Å². The van der Waals surface area contributed by atoms with Crippen LogP contribution in [0.1, 0.15) is 0 Å². The predicted octanol–water partition coefficient (Wildman–Crippen LogP) is 11.4. The molecule has 0 fully saturated rings. The van der Waals surface area contributed by atoms with E-state index >= 15 is 0 Å². The molecule has 0 spiro atoms. The predicted molar refractivity (Wildman–Crippen MR) is 191 cm³/mol. The third kappa shape index (κ3) is 4.11. The Morgan fingerprint density at radius 1 is 0.311 bits per heavy atom. The molecular weight excluding hydrogens is 544 g/mol. The van der Waals surface area contributed by atoms with Crippen molar-refractivity contribution in [3.8, 4) is 39.1 Å². The van der Waals surface area contributed by atoms with Gasteiger partial charge in [-0.25, -0.2) is 0 Å². The first-order chi connectivity index (χ1) is 22.2. The van der Waals surface area contributed by atoms with Gasteiger partial charge in [0.1, 0.15) is 0 Å². The lowest BCUT2D eigenvalue weighted by molar-refractivity contribution is 1.01. The lowest BCUT2D eigenvalue weighted by Crippen LogP contribution is -1.94. The molecule has 2 heterocycles. The Morgan fingerprint density at radius 2 is 0.778 bits per heavy atom. The van der Waals surface area contributed by atoms with Gasteiger partial charge in [-0.05, 0) is 88.0 Å². The highest BCUT2D eigenvalue weighted by atomic mass is 15.0. The number of hydrogen-bond acceptors (Lipinski definition) is 0. The molecule has 9 rings (SSSR count). The highest BCUT2D eigenvalue weighted by Crippen LogP contribution is 2.38. The zero-order chi connectivity index (χ0) is 29.9. The van der Waals surface area contributed by atoms with E-state index < -0.39 is 0 Å². The highest BCUT2D eigenvalue weighted by molar-refractivity contribution is 6.12. The smallest absolute Gasteiger partial charge is 0.0541 e. The molecule has 0 unspecified atom stereocenters. The second kappa shape index (κ2) is 10.1. The molecule has 0 saturated carbocycles. The quantitative estimate of drug-likeness (QED) is 0.198. The molecular formula is C43H30N2. The van der Waals surface area contributed by atoms with Gasteiger partial charge in [0.2, 0.25) is 0 Å². The van der Waals surface area contributed by atoms with E-state index in [1.807, 2.05) is 0 Å². The van der Waals surface area contributed by atoms with E-state index in [2.05, 4.69) is 180 Å². The van der Waals surface area contributed by atoms with E-state index in [1.54, 1.807) is 0 Å². The molecule has 0 aliphatic heterocycles. The maximum atomic E-state index is 2.41. The van der Waals surface area contributed by atoms with Crippen molar-refractivity contribution < 1.29 is 0 Å². The number of para-hydroxylation sites is 2. The van der Waals surface area contributed by atoms with Gasteiger partial charge in [0.05, 0.1) is 11.0 Å². The van der Waals surface area contributed by atoms with Gasteiger partial charge in [0.25, 0.3) is 0 Å². The minimum atomic E-state index is 1.16. The van der Waals surface area contributed by atoms with Crippen LogP contribution in [0.5, 0.6) is 0 Å². The number of aromatic nitrogens is 2. The Bertz CT molecular complexity index is 2550. The van der Waals surface area contributed by atoms with Crippen molar-refractivity contribution >= 4 is 43.6 Å². The molecule has 0 saturated heterocycles. The van der Waals surface area contributed by atoms with Crippen molar-refractivity contribution in [1.82, 2.24) is 9.13 Å². The largest absolute Gasteiger partial charge is 0.344 e. The maximum Gasteiger partial charge on any atom is 0.0541 e. The molecule has 7 aromatic carbocycles. The molecule has 0 N–H and O–H groups in total. The van der Waals surface area contributed by atoms with Crippen LogP contribution in [0.3, 0.4) is 0 Å². The van der Waals surface area contributed by atoms with Crippen molar-refractivity contribution in [3.05, 3.63) is 164 Å². The molecule has 45 heavy (non-hydrogen) atoms. The molecule has 212 valence electrons. The van der Waals surface area contributed by atoms with Crippen LogP contribution in [-0.2, 0) is 7.05 Å². The van der Waals surface area contributed by atoms with Gasteiger partial charge in [-0.15, -0.1) is 0 Å². The number of benzene rings is 7. The van der Waals surface area contributed by atoms with Crippen LogP contribution in [-0.4, -0.2) is 9.13 Å². The monoisotopic (exact) mass is 574 g/mol. The molecule has 0 aliphatic carbocycles. The van der Waals surface area contributed by atoms with Crippen molar-refractivity contribution in [1.29, 1.82) is 0 Å². The van der Waals surface area contributed by atoms with E-state index in [0.29, 0.717) is 0 Å². The van der Waals surface area contributed by atoms with Crippen molar-refractivity contribution in [3.63, 3.8) is 0 Å². The fraction of sp³-hybridized carbons (Fsp3) is 0.0233. The molecule has 0 aliphatic rings. The van der Waals surface area contributed by atoms with Gasteiger partial charge < -0.3 is 9.13 Å². The summed E-state index contributed by atoms with van der Waals surface area (Å²) in [4.78, 5) is 0. The normalized spacial score (nSPS) is 11.7. The lowest BCUT2D eigenvalue weighted by atomic mass is 9.99. The molecule has 0 atom stereocenters. The van der Waals surface area contributed by atoms with Crippen LogP contribution < -0.4 is 0 Å². The molecule has 2 heteroatoms. The molecule has 0 bridgehead atoms. The summed E-state index contributed by atoms with van der Waals surface area (Å²) in [5.74, 6) is 0. The second-order valence-corrected chi connectivity index (χ2v) is 11.9. The zero-order valence-corrected chi connectivity index (χ0v) is 25.0. The van der Waals surface area contributed by atoms with E-state index in [9.17, 15) is 0 Å². The average Bonchev–Trinajstić information content (AvgIpc) is 3.60. The fourth-order valence-corrected chi connectivity index (χ4v) is 7.11. The Labute approximate surface area is 262 Å². The van der Waals surface area contributed by atoms with Crippen molar-refractivity contribution in [2.24, 2.45) is 7.05 Å². The lowest BCUT2D eigenvalue weighted by Gasteiger charge is -2.12. The molecule has 2 aromatic heterocycles. The van der Waals surface area contributed by atoms with Crippen LogP contribution in [0.15, 0.2) is 164 Å². The van der Waals surface area contributed by atoms with Crippen molar-refractivity contribution in [2.45, 2.75) is 0 Å². The van der Waals surface area contributed by atoms with Crippen molar-refractivity contribution in [2.75, 3.05) is 0 Å². The first-order valence-electron chi connectivity index (χ1n) is 15.5. The summed E-state index contributed by atoms with van der Waals surface area (Å²) in [6.45, 7) is 0. The first kappa shape index (κ1) is 25.6. The van der Waals surface area contributed by atoms with E-state index in [4.69, 9.17) is 0 Å². The molecule has 2 nitrogen and oxygen atoms in total. The molecule has 9 aromatic rings. The highest BCUT2D eigenvalue weighted by Gasteiger charge is 2.15. The van der Waals surface area contributed by atoms with E-state index in [0.717, 1.165) is 5.69 Å². The Balaban J connectivity index is 1.18. The van der Waals surface area contributed by atoms with Gasteiger partial charge >= 0.3 is 0 Å². The molecule has 0 amide bonds. The van der Waals surface area contributed by atoms with Gasteiger partial charge in [-0.3, -0.25) is 0 Å².